The van der Waals surface area contributed by atoms with Gasteiger partial charge >= 0.3 is 0 Å². The number of anilines is 3. The lowest BCUT2D eigenvalue weighted by atomic mass is 9.83. The molecule has 2 aliphatic rings. The highest BCUT2D eigenvalue weighted by Crippen LogP contribution is 2.44. The second kappa shape index (κ2) is 10.9. The molecule has 3 aromatic rings. The molecule has 10 heteroatoms. The first-order valence-electron chi connectivity index (χ1n) is 14.6. The molecular formula is C31H44N8OSi. The minimum absolute atomic E-state index is 0.128. The lowest BCUT2D eigenvalue weighted by molar-refractivity contribution is 0.213. The second-order valence-electron chi connectivity index (χ2n) is 13.6. The van der Waals surface area contributed by atoms with Crippen LogP contribution < -0.4 is 10.6 Å². The molecule has 0 radical (unpaired) electrons. The molecule has 0 unspecified atom stereocenters. The van der Waals surface area contributed by atoms with E-state index >= 15 is 0 Å². The number of aromatic nitrogens is 4. The Morgan fingerprint density at radius 1 is 1.22 bits per heavy atom. The molecule has 0 bridgehead atoms. The van der Waals surface area contributed by atoms with Gasteiger partial charge in [-0.05, 0) is 81.8 Å². The summed E-state index contributed by atoms with van der Waals surface area (Å²) in [5.74, 6) is 1.41. The molecule has 218 valence electrons. The molecule has 4 heterocycles. The van der Waals surface area contributed by atoms with Gasteiger partial charge in [-0.15, -0.1) is 0 Å². The molecule has 41 heavy (non-hydrogen) atoms. The lowest BCUT2D eigenvalue weighted by Crippen LogP contribution is -2.45. The summed E-state index contributed by atoms with van der Waals surface area (Å²) in [6.07, 6.45) is 3.89. The van der Waals surface area contributed by atoms with Gasteiger partial charge in [-0.3, -0.25) is 0 Å². The van der Waals surface area contributed by atoms with Gasteiger partial charge in [-0.25, -0.2) is 14.6 Å². The van der Waals surface area contributed by atoms with Crippen molar-refractivity contribution in [1.29, 1.82) is 5.26 Å². The van der Waals surface area contributed by atoms with Crippen molar-refractivity contribution in [3.8, 4) is 17.3 Å². The number of benzene rings is 1. The van der Waals surface area contributed by atoms with Crippen molar-refractivity contribution < 1.29 is 4.43 Å². The summed E-state index contributed by atoms with van der Waals surface area (Å²) in [7, 11) is 0.231. The fourth-order valence-electron chi connectivity index (χ4n) is 5.43. The van der Waals surface area contributed by atoms with E-state index in [0.29, 0.717) is 24.2 Å². The monoisotopic (exact) mass is 572 g/mol. The average Bonchev–Trinajstić information content (AvgIpc) is 3.46. The van der Waals surface area contributed by atoms with Gasteiger partial charge in [-0.2, -0.15) is 10.4 Å². The van der Waals surface area contributed by atoms with Crippen LogP contribution in [0.4, 0.5) is 17.5 Å². The number of hydrogen-bond donors (Lipinski definition) is 2. The molecule has 1 aromatic carbocycles. The van der Waals surface area contributed by atoms with E-state index in [1.54, 1.807) is 6.20 Å². The molecule has 0 amide bonds. The Balaban J connectivity index is 1.43. The number of hydrogen-bond acceptors (Lipinski definition) is 8. The zero-order valence-corrected chi connectivity index (χ0v) is 26.8. The van der Waals surface area contributed by atoms with Gasteiger partial charge in [0, 0.05) is 36.4 Å². The van der Waals surface area contributed by atoms with Gasteiger partial charge in [0.05, 0.1) is 28.7 Å². The number of rotatable bonds is 7. The molecule has 9 nitrogen and oxygen atoms in total. The molecule has 0 spiro atoms. The third-order valence-electron chi connectivity index (χ3n) is 9.21. The molecule has 5 rings (SSSR count). The van der Waals surface area contributed by atoms with Crippen molar-refractivity contribution in [3.63, 3.8) is 0 Å². The van der Waals surface area contributed by atoms with Crippen LogP contribution in [0.5, 0.6) is 0 Å². The highest BCUT2D eigenvalue weighted by atomic mass is 28.4. The van der Waals surface area contributed by atoms with Crippen LogP contribution in [0.25, 0.3) is 11.3 Å². The largest absolute Gasteiger partial charge is 0.416 e. The van der Waals surface area contributed by atoms with Crippen molar-refractivity contribution in [2.45, 2.75) is 77.0 Å². The zero-order valence-electron chi connectivity index (χ0n) is 25.8. The van der Waals surface area contributed by atoms with Crippen LogP contribution in [0, 0.1) is 18.3 Å². The Kier molecular flexibility index (Phi) is 7.74. The molecule has 1 saturated heterocycles. The smallest absolute Gasteiger partial charge is 0.228 e. The third kappa shape index (κ3) is 5.89. The van der Waals surface area contributed by atoms with Gasteiger partial charge in [0.2, 0.25) is 5.95 Å². The van der Waals surface area contributed by atoms with E-state index in [2.05, 4.69) is 91.2 Å². The first kappa shape index (κ1) is 29.2. The van der Waals surface area contributed by atoms with Crippen molar-refractivity contribution in [2.24, 2.45) is 0 Å². The van der Waals surface area contributed by atoms with E-state index in [0.717, 1.165) is 66.5 Å². The summed E-state index contributed by atoms with van der Waals surface area (Å²) in [5.41, 5.74) is 5.01. The molecule has 1 atom stereocenters. The highest BCUT2D eigenvalue weighted by molar-refractivity contribution is 6.74. The Labute approximate surface area is 245 Å². The van der Waals surface area contributed by atoms with Gasteiger partial charge in [-0.1, -0.05) is 27.7 Å². The lowest BCUT2D eigenvalue weighted by Gasteiger charge is -2.39. The predicted octanol–water partition coefficient (Wildman–Crippen LogP) is 6.24. The van der Waals surface area contributed by atoms with E-state index in [1.807, 2.05) is 19.1 Å². The van der Waals surface area contributed by atoms with Crippen LogP contribution in [0.15, 0.2) is 30.5 Å². The van der Waals surface area contributed by atoms with E-state index in [4.69, 9.17) is 14.5 Å². The number of nitrogens with zero attached hydrogens (tertiary/aromatic N) is 6. The minimum Gasteiger partial charge on any atom is -0.416 e. The topological polar surface area (TPSA) is 104 Å². The van der Waals surface area contributed by atoms with Gasteiger partial charge in [0.25, 0.3) is 0 Å². The summed E-state index contributed by atoms with van der Waals surface area (Å²) in [5, 5.41) is 21.9. The molecule has 2 aliphatic heterocycles. The molecule has 2 aromatic heterocycles. The standard InChI is InChI=1S/C31H44N8OSi/c1-21-15-27(39(37-21)24-10-13-38(6)14-11-24)36-29-33-12-9-26(35-29)22-16-23(18-32)28-25(17-22)31(5,19-34-28)20-40-41(7,8)30(2,3)4/h9,12,15-17,24,34H,10-11,13-14,19-20H2,1-8H3,(H,33,35,36)/t31-/m1/s1. The predicted molar refractivity (Wildman–Crippen MR) is 167 cm³/mol. The van der Waals surface area contributed by atoms with Gasteiger partial charge < -0.3 is 20.0 Å². The Morgan fingerprint density at radius 3 is 2.63 bits per heavy atom. The van der Waals surface area contributed by atoms with Crippen LogP contribution in [0.1, 0.15) is 63.4 Å². The summed E-state index contributed by atoms with van der Waals surface area (Å²) in [6.45, 7) is 19.0. The van der Waals surface area contributed by atoms with E-state index in [-0.39, 0.29) is 10.5 Å². The van der Waals surface area contributed by atoms with Gasteiger partial charge in [0.15, 0.2) is 8.32 Å². The fraction of sp³-hybridized carbons (Fsp3) is 0.548. The van der Waals surface area contributed by atoms with Crippen LogP contribution in [0.2, 0.25) is 18.1 Å². The molecule has 2 N–H and O–H groups in total. The Bertz CT molecular complexity index is 1460. The van der Waals surface area contributed by atoms with Crippen LogP contribution in [-0.2, 0) is 9.84 Å². The number of aryl methyl sites for hydroxylation is 1. The summed E-state index contributed by atoms with van der Waals surface area (Å²) in [4.78, 5) is 11.8. The third-order valence-corrected chi connectivity index (χ3v) is 13.7. The number of fused-ring (bicyclic) bond motifs is 1. The Morgan fingerprint density at radius 2 is 1.95 bits per heavy atom. The van der Waals surface area contributed by atoms with Gasteiger partial charge in [0.1, 0.15) is 11.9 Å². The average molecular weight is 573 g/mol. The maximum Gasteiger partial charge on any atom is 0.228 e. The number of piperidine rings is 1. The first-order valence-corrected chi connectivity index (χ1v) is 17.5. The van der Waals surface area contributed by atoms with Crippen LogP contribution >= 0.6 is 0 Å². The molecule has 0 aliphatic carbocycles. The van der Waals surface area contributed by atoms with E-state index in [9.17, 15) is 5.26 Å². The Hall–Kier alpha value is -3.26. The first-order chi connectivity index (χ1) is 19.3. The van der Waals surface area contributed by atoms with Crippen molar-refractivity contribution in [3.05, 3.63) is 47.3 Å². The van der Waals surface area contributed by atoms with E-state index in [1.165, 1.54) is 0 Å². The maximum absolute atomic E-state index is 10.1. The van der Waals surface area contributed by atoms with E-state index < -0.39 is 8.32 Å². The summed E-state index contributed by atoms with van der Waals surface area (Å²) in [6, 6.07) is 10.8. The molecule has 0 saturated carbocycles. The number of nitrogens with one attached hydrogen (secondary N) is 2. The maximum atomic E-state index is 10.1. The minimum atomic E-state index is -1.94. The normalized spacial score (nSPS) is 20.0. The number of nitriles is 1. The van der Waals surface area contributed by atoms with Crippen LogP contribution in [0.3, 0.4) is 0 Å². The highest BCUT2D eigenvalue weighted by Gasteiger charge is 2.42. The fourth-order valence-corrected chi connectivity index (χ4v) is 6.54. The van der Waals surface area contributed by atoms with Crippen molar-refractivity contribution in [2.75, 3.05) is 43.9 Å². The number of likely N-dealkylation sites (tertiary alicyclic amines) is 1. The zero-order chi connectivity index (χ0) is 29.6. The van der Waals surface area contributed by atoms with Crippen molar-refractivity contribution >= 4 is 25.8 Å². The van der Waals surface area contributed by atoms with Crippen LogP contribution in [-0.4, -0.2) is 66.3 Å². The quantitative estimate of drug-likeness (QED) is 0.321. The molecular weight excluding hydrogens is 528 g/mol. The van der Waals surface area contributed by atoms with Crippen molar-refractivity contribution in [1.82, 2.24) is 24.6 Å². The summed E-state index contributed by atoms with van der Waals surface area (Å²) < 4.78 is 8.78. The molecule has 1 fully saturated rings. The summed E-state index contributed by atoms with van der Waals surface area (Å²) >= 11 is 0. The SMILES string of the molecule is Cc1cc(Nc2nccc(-c3cc(C#N)c4c(c3)[C@@](C)(CO[Si](C)(C)C(C)(C)C)CN4)n2)n(C2CCN(C)CC2)n1. The second-order valence-corrected chi connectivity index (χ2v) is 18.4.